The average Bonchev–Trinajstić information content (AvgIpc) is 2.56. The first kappa shape index (κ1) is 18.5. The Balaban J connectivity index is 2.04. The van der Waals surface area contributed by atoms with Crippen LogP contribution in [0.15, 0.2) is 36.4 Å². The number of hydrogen-bond acceptors (Lipinski definition) is 4. The van der Waals surface area contributed by atoms with Crippen molar-refractivity contribution >= 4 is 34.2 Å². The van der Waals surface area contributed by atoms with E-state index in [2.05, 4.69) is 27.9 Å². The number of halogens is 2. The van der Waals surface area contributed by atoms with Crippen molar-refractivity contribution in [1.29, 1.82) is 0 Å². The molecule has 0 saturated carbocycles. The van der Waals surface area contributed by atoms with Gasteiger partial charge in [-0.15, -0.1) is 0 Å². The molecule has 5 nitrogen and oxygen atoms in total. The second-order valence-electron chi connectivity index (χ2n) is 4.84. The molecule has 7 heteroatoms. The minimum Gasteiger partial charge on any atom is -0.490 e. The second kappa shape index (κ2) is 8.84. The van der Waals surface area contributed by atoms with Gasteiger partial charge in [-0.1, -0.05) is 0 Å². The maximum absolute atomic E-state index is 12.8. The summed E-state index contributed by atoms with van der Waals surface area (Å²) < 4.78 is 24.7. The highest BCUT2D eigenvalue weighted by atomic mass is 127. The number of carbonyl (C=O) groups is 1. The molecule has 0 aliphatic rings. The van der Waals surface area contributed by atoms with Crippen LogP contribution >= 0.6 is 22.6 Å². The van der Waals surface area contributed by atoms with E-state index in [-0.39, 0.29) is 24.9 Å². The molecule has 0 radical (unpaired) electrons. The maximum atomic E-state index is 12.8. The van der Waals surface area contributed by atoms with Gasteiger partial charge < -0.3 is 19.9 Å². The van der Waals surface area contributed by atoms with Crippen LogP contribution in [0.5, 0.6) is 11.5 Å². The van der Waals surface area contributed by atoms with Gasteiger partial charge in [0.15, 0.2) is 18.1 Å². The lowest BCUT2D eigenvalue weighted by Gasteiger charge is -2.15. The van der Waals surface area contributed by atoms with Crippen LogP contribution in [0, 0.1) is 9.39 Å². The van der Waals surface area contributed by atoms with Crippen molar-refractivity contribution < 1.29 is 23.8 Å². The Morgan fingerprint density at radius 1 is 1.25 bits per heavy atom. The van der Waals surface area contributed by atoms with Gasteiger partial charge in [-0.2, -0.15) is 0 Å². The molecular weight excluding hydrogens is 428 g/mol. The quantitative estimate of drug-likeness (QED) is 0.642. The van der Waals surface area contributed by atoms with E-state index < -0.39 is 0 Å². The summed E-state index contributed by atoms with van der Waals surface area (Å²) in [6.45, 7) is 1.94. The normalized spacial score (nSPS) is 10.3. The van der Waals surface area contributed by atoms with Gasteiger partial charge in [0.2, 0.25) is 0 Å². The number of hydrogen-bond donors (Lipinski definition) is 2. The molecule has 2 aromatic carbocycles. The Labute approximate surface area is 152 Å². The Kier molecular flexibility index (Phi) is 6.80. The van der Waals surface area contributed by atoms with Crippen molar-refractivity contribution in [1.82, 2.24) is 0 Å². The van der Waals surface area contributed by atoms with Crippen LogP contribution < -0.4 is 14.8 Å². The van der Waals surface area contributed by atoms with Gasteiger partial charge in [-0.3, -0.25) is 4.79 Å². The van der Waals surface area contributed by atoms with Crippen LogP contribution in [0.3, 0.4) is 0 Å². The third-order valence-corrected chi connectivity index (χ3v) is 3.83. The molecule has 24 heavy (non-hydrogen) atoms. The van der Waals surface area contributed by atoms with E-state index in [9.17, 15) is 14.3 Å². The Morgan fingerprint density at radius 3 is 2.58 bits per heavy atom. The van der Waals surface area contributed by atoms with Crippen LogP contribution in [0.1, 0.15) is 12.5 Å². The standard InChI is InChI=1S/C17H17FINO4/c1-2-23-15-8-11(9-21)7-14(19)17(15)24-10-16(22)20-13-5-3-12(18)4-6-13/h3-8,21H,2,9-10H2,1H3,(H,20,22). The number of nitrogens with one attached hydrogen (secondary N) is 1. The van der Waals surface area contributed by atoms with Crippen molar-refractivity contribution in [2.45, 2.75) is 13.5 Å². The third kappa shape index (κ3) is 5.07. The van der Waals surface area contributed by atoms with Gasteiger partial charge in [0, 0.05) is 5.69 Å². The van der Waals surface area contributed by atoms with E-state index >= 15 is 0 Å². The number of rotatable bonds is 7. The van der Waals surface area contributed by atoms with E-state index in [1.807, 2.05) is 6.92 Å². The van der Waals surface area contributed by atoms with Crippen molar-refractivity contribution in [3.63, 3.8) is 0 Å². The van der Waals surface area contributed by atoms with E-state index in [1.54, 1.807) is 12.1 Å². The highest BCUT2D eigenvalue weighted by molar-refractivity contribution is 14.1. The molecule has 0 heterocycles. The van der Waals surface area contributed by atoms with Crippen LogP contribution in [0.2, 0.25) is 0 Å². The number of ether oxygens (including phenoxy) is 2. The lowest BCUT2D eigenvalue weighted by atomic mass is 10.2. The highest BCUT2D eigenvalue weighted by Gasteiger charge is 2.14. The summed E-state index contributed by atoms with van der Waals surface area (Å²) in [5.41, 5.74) is 1.19. The molecule has 0 fully saturated rings. The predicted octanol–water partition coefficient (Wildman–Crippen LogP) is 3.34. The molecule has 0 aliphatic heterocycles. The van der Waals surface area contributed by atoms with Gasteiger partial charge >= 0.3 is 0 Å². The second-order valence-corrected chi connectivity index (χ2v) is 6.00. The fourth-order valence-electron chi connectivity index (χ4n) is 1.98. The molecule has 0 atom stereocenters. The van der Waals surface area contributed by atoms with Crippen molar-refractivity contribution in [3.05, 3.63) is 51.3 Å². The monoisotopic (exact) mass is 445 g/mol. The summed E-state index contributed by atoms with van der Waals surface area (Å²) in [7, 11) is 0. The number of aliphatic hydroxyl groups is 1. The molecule has 2 N–H and O–H groups in total. The van der Waals surface area contributed by atoms with Crippen LogP contribution in [0.25, 0.3) is 0 Å². The van der Waals surface area contributed by atoms with Gasteiger partial charge in [0.05, 0.1) is 16.8 Å². The highest BCUT2D eigenvalue weighted by Crippen LogP contribution is 2.34. The topological polar surface area (TPSA) is 67.8 Å². The number of aliphatic hydroxyl groups excluding tert-OH is 1. The van der Waals surface area contributed by atoms with Crippen molar-refractivity contribution in [2.24, 2.45) is 0 Å². The zero-order chi connectivity index (χ0) is 17.5. The predicted molar refractivity (Wildman–Crippen MR) is 96.8 cm³/mol. The number of anilines is 1. The molecule has 0 aliphatic carbocycles. The van der Waals surface area contributed by atoms with Crippen molar-refractivity contribution in [2.75, 3.05) is 18.5 Å². The number of carbonyl (C=O) groups excluding carboxylic acids is 1. The van der Waals surface area contributed by atoms with E-state index in [4.69, 9.17) is 9.47 Å². The first-order chi connectivity index (χ1) is 11.5. The fourth-order valence-corrected chi connectivity index (χ4v) is 2.81. The van der Waals surface area contributed by atoms with Gasteiger partial charge in [0.1, 0.15) is 5.82 Å². The molecule has 2 rings (SSSR count). The molecule has 2 aromatic rings. The van der Waals surface area contributed by atoms with Gasteiger partial charge in [0.25, 0.3) is 5.91 Å². The largest absolute Gasteiger partial charge is 0.490 e. The Morgan fingerprint density at radius 2 is 1.96 bits per heavy atom. The fraction of sp³-hybridized carbons (Fsp3) is 0.235. The van der Waals surface area contributed by atoms with Crippen LogP contribution in [0.4, 0.5) is 10.1 Å². The molecule has 0 saturated heterocycles. The summed E-state index contributed by atoms with van der Waals surface area (Å²) in [6, 6.07) is 8.91. The lowest BCUT2D eigenvalue weighted by Crippen LogP contribution is -2.20. The van der Waals surface area contributed by atoms with Gasteiger partial charge in [-0.05, 0) is 71.5 Å². The summed E-state index contributed by atoms with van der Waals surface area (Å²) in [5.74, 6) is 0.183. The zero-order valence-corrected chi connectivity index (χ0v) is 15.2. The zero-order valence-electron chi connectivity index (χ0n) is 13.0. The SMILES string of the molecule is CCOc1cc(CO)cc(I)c1OCC(=O)Nc1ccc(F)cc1. The molecular formula is C17H17FINO4. The minimum atomic E-state index is -0.371. The summed E-state index contributed by atoms with van der Waals surface area (Å²) in [6.07, 6.45) is 0. The summed E-state index contributed by atoms with van der Waals surface area (Å²) in [5, 5.41) is 11.9. The third-order valence-electron chi connectivity index (χ3n) is 3.03. The minimum absolute atomic E-state index is 0.110. The number of benzene rings is 2. The molecule has 128 valence electrons. The van der Waals surface area contributed by atoms with Gasteiger partial charge in [-0.25, -0.2) is 4.39 Å². The van der Waals surface area contributed by atoms with E-state index in [0.29, 0.717) is 29.4 Å². The van der Waals surface area contributed by atoms with Crippen LogP contribution in [-0.2, 0) is 11.4 Å². The molecule has 0 aromatic heterocycles. The number of amides is 1. The summed E-state index contributed by atoms with van der Waals surface area (Å²) in [4.78, 5) is 12.0. The molecule has 0 spiro atoms. The summed E-state index contributed by atoms with van der Waals surface area (Å²) >= 11 is 2.06. The van der Waals surface area contributed by atoms with Crippen molar-refractivity contribution in [3.8, 4) is 11.5 Å². The molecule has 0 bridgehead atoms. The lowest BCUT2D eigenvalue weighted by molar-refractivity contribution is -0.118. The smallest absolute Gasteiger partial charge is 0.262 e. The van der Waals surface area contributed by atoms with E-state index in [1.165, 1.54) is 24.3 Å². The van der Waals surface area contributed by atoms with E-state index in [0.717, 1.165) is 3.57 Å². The first-order valence-electron chi connectivity index (χ1n) is 7.27. The average molecular weight is 445 g/mol. The molecule has 1 amide bonds. The maximum Gasteiger partial charge on any atom is 0.262 e. The Bertz CT molecular complexity index is 706. The first-order valence-corrected chi connectivity index (χ1v) is 8.35. The molecule has 0 unspecified atom stereocenters. The van der Waals surface area contributed by atoms with Crippen LogP contribution in [-0.4, -0.2) is 24.2 Å². The Hall–Kier alpha value is -1.87.